The van der Waals surface area contributed by atoms with Gasteiger partial charge in [-0.25, -0.2) is 0 Å². The van der Waals surface area contributed by atoms with Crippen LogP contribution in [0.25, 0.3) is 0 Å². The number of ether oxygens (including phenoxy) is 2. The fourth-order valence-electron chi connectivity index (χ4n) is 4.31. The Morgan fingerprint density at radius 3 is 1.57 bits per heavy atom. The second-order valence-electron chi connectivity index (χ2n) is 9.17. The van der Waals surface area contributed by atoms with E-state index in [1.54, 1.807) is 0 Å². The molecule has 2 unspecified atom stereocenters. The largest absolute Gasteiger partial charge is 0.379 e. The van der Waals surface area contributed by atoms with Crippen LogP contribution in [0.1, 0.15) is 25.0 Å². The summed E-state index contributed by atoms with van der Waals surface area (Å²) in [4.78, 5) is 9.98. The topological polar surface area (TPSA) is 31.4 Å². The van der Waals surface area contributed by atoms with Crippen LogP contribution in [-0.4, -0.2) is 111 Å². The van der Waals surface area contributed by atoms with Crippen LogP contribution in [0, 0.1) is 0 Å². The van der Waals surface area contributed by atoms with Crippen LogP contribution in [0.4, 0.5) is 0 Å². The van der Waals surface area contributed by atoms with E-state index in [2.05, 4.69) is 71.8 Å². The number of morpholine rings is 2. The van der Waals surface area contributed by atoms with Crippen molar-refractivity contribution in [1.82, 2.24) is 19.6 Å². The molecule has 0 radical (unpaired) electrons. The summed E-state index contributed by atoms with van der Waals surface area (Å²) in [5, 5.41) is 0. The Balaban J connectivity index is 1.47. The van der Waals surface area contributed by atoms with E-state index in [1.807, 2.05) is 0 Å². The standard InChI is InChI=1S/C24H42N4O2/c1-21(17-27-8-12-29-13-9-27)25(3)19-23-6-5-7-24(16-23)20-26(4)22(2)18-28-10-14-30-15-11-28/h5-7,16,21-22H,8-15,17-20H2,1-4H3. The molecule has 2 saturated heterocycles. The first kappa shape index (κ1) is 23.6. The number of likely N-dealkylation sites (N-methyl/N-ethyl adjacent to an activating group) is 2. The van der Waals surface area contributed by atoms with Crippen molar-refractivity contribution in [3.05, 3.63) is 35.4 Å². The molecule has 2 aliphatic rings. The molecular formula is C24H42N4O2. The lowest BCUT2D eigenvalue weighted by atomic mass is 10.1. The normalized spacial score (nSPS) is 21.3. The fourth-order valence-corrected chi connectivity index (χ4v) is 4.31. The molecule has 0 amide bonds. The van der Waals surface area contributed by atoms with Gasteiger partial charge in [-0.05, 0) is 39.1 Å². The van der Waals surface area contributed by atoms with Gasteiger partial charge in [0, 0.05) is 64.4 Å². The number of hydrogen-bond donors (Lipinski definition) is 0. The van der Waals surface area contributed by atoms with Crippen LogP contribution in [0.5, 0.6) is 0 Å². The molecule has 0 spiro atoms. The van der Waals surface area contributed by atoms with Crippen molar-refractivity contribution in [3.63, 3.8) is 0 Å². The van der Waals surface area contributed by atoms with E-state index in [0.29, 0.717) is 12.1 Å². The number of hydrogen-bond acceptors (Lipinski definition) is 6. The minimum absolute atomic E-state index is 0.531. The van der Waals surface area contributed by atoms with Gasteiger partial charge in [-0.3, -0.25) is 19.6 Å². The zero-order valence-electron chi connectivity index (χ0n) is 19.6. The lowest BCUT2D eigenvalue weighted by Crippen LogP contribution is -2.45. The van der Waals surface area contributed by atoms with Crippen molar-refractivity contribution in [1.29, 1.82) is 0 Å². The summed E-state index contributed by atoms with van der Waals surface area (Å²) in [7, 11) is 4.49. The second kappa shape index (κ2) is 12.1. The van der Waals surface area contributed by atoms with Crippen LogP contribution in [0.3, 0.4) is 0 Å². The zero-order chi connectivity index (χ0) is 21.3. The molecular weight excluding hydrogens is 376 g/mol. The van der Waals surface area contributed by atoms with Crippen LogP contribution in [-0.2, 0) is 22.6 Å². The highest BCUT2D eigenvalue weighted by atomic mass is 16.5. The van der Waals surface area contributed by atoms with Crippen LogP contribution >= 0.6 is 0 Å². The maximum atomic E-state index is 5.47. The van der Waals surface area contributed by atoms with Gasteiger partial charge in [0.2, 0.25) is 0 Å². The minimum atomic E-state index is 0.531. The SMILES string of the molecule is CC(CN1CCOCC1)N(C)Cc1cccc(CN(C)C(C)CN2CCOCC2)c1. The van der Waals surface area contributed by atoms with Crippen molar-refractivity contribution in [2.24, 2.45) is 0 Å². The molecule has 0 bridgehead atoms. The van der Waals surface area contributed by atoms with Crippen molar-refractivity contribution in [2.75, 3.05) is 79.8 Å². The van der Waals surface area contributed by atoms with Crippen molar-refractivity contribution in [2.45, 2.75) is 39.0 Å². The smallest absolute Gasteiger partial charge is 0.0594 e. The van der Waals surface area contributed by atoms with E-state index in [-0.39, 0.29) is 0 Å². The predicted octanol–water partition coefficient (Wildman–Crippen LogP) is 1.99. The second-order valence-corrected chi connectivity index (χ2v) is 9.17. The van der Waals surface area contributed by atoms with Gasteiger partial charge in [-0.2, -0.15) is 0 Å². The van der Waals surface area contributed by atoms with Gasteiger partial charge in [0.1, 0.15) is 0 Å². The third kappa shape index (κ3) is 7.59. The maximum absolute atomic E-state index is 5.47. The van der Waals surface area contributed by atoms with Gasteiger partial charge in [0.25, 0.3) is 0 Å². The van der Waals surface area contributed by atoms with E-state index < -0.39 is 0 Å². The third-order valence-electron chi connectivity index (χ3n) is 6.61. The summed E-state index contributed by atoms with van der Waals surface area (Å²) in [5.41, 5.74) is 2.80. The third-order valence-corrected chi connectivity index (χ3v) is 6.61. The molecule has 2 atom stereocenters. The maximum Gasteiger partial charge on any atom is 0.0594 e. The molecule has 30 heavy (non-hydrogen) atoms. The summed E-state index contributed by atoms with van der Waals surface area (Å²) in [6, 6.07) is 10.2. The van der Waals surface area contributed by atoms with Crippen molar-refractivity contribution in [3.8, 4) is 0 Å². The molecule has 2 fully saturated rings. The molecule has 1 aromatic carbocycles. The van der Waals surface area contributed by atoms with Gasteiger partial charge in [-0.1, -0.05) is 24.3 Å². The summed E-state index contributed by atoms with van der Waals surface area (Å²) >= 11 is 0. The molecule has 0 aliphatic carbocycles. The van der Waals surface area contributed by atoms with E-state index in [1.165, 1.54) is 11.1 Å². The highest BCUT2D eigenvalue weighted by Crippen LogP contribution is 2.14. The molecule has 6 nitrogen and oxygen atoms in total. The Hall–Kier alpha value is -1.02. The molecule has 6 heteroatoms. The summed E-state index contributed by atoms with van der Waals surface area (Å²) in [6.07, 6.45) is 0. The Kier molecular flexibility index (Phi) is 9.56. The van der Waals surface area contributed by atoms with Crippen LogP contribution in [0.2, 0.25) is 0 Å². The molecule has 2 aliphatic heterocycles. The summed E-state index contributed by atoms with van der Waals surface area (Å²) in [6.45, 7) is 16.6. The monoisotopic (exact) mass is 418 g/mol. The van der Waals surface area contributed by atoms with E-state index in [9.17, 15) is 0 Å². The first-order chi connectivity index (χ1) is 14.5. The Bertz CT molecular complexity index is 568. The predicted molar refractivity (Wildman–Crippen MR) is 123 cm³/mol. The minimum Gasteiger partial charge on any atom is -0.379 e. The number of nitrogens with zero attached hydrogens (tertiary/aromatic N) is 4. The van der Waals surface area contributed by atoms with Gasteiger partial charge in [-0.15, -0.1) is 0 Å². The first-order valence-electron chi connectivity index (χ1n) is 11.6. The lowest BCUT2D eigenvalue weighted by molar-refractivity contribution is 0.0261. The average Bonchev–Trinajstić information content (AvgIpc) is 2.75. The Morgan fingerprint density at radius 1 is 0.767 bits per heavy atom. The summed E-state index contributed by atoms with van der Waals surface area (Å²) in [5.74, 6) is 0. The number of rotatable bonds is 10. The zero-order valence-corrected chi connectivity index (χ0v) is 19.6. The average molecular weight is 419 g/mol. The Morgan fingerprint density at radius 2 is 1.17 bits per heavy atom. The number of benzene rings is 1. The van der Waals surface area contributed by atoms with Crippen molar-refractivity contribution < 1.29 is 9.47 Å². The fraction of sp³-hybridized carbons (Fsp3) is 0.750. The van der Waals surface area contributed by atoms with E-state index >= 15 is 0 Å². The van der Waals surface area contributed by atoms with Gasteiger partial charge in [0.15, 0.2) is 0 Å². The molecule has 2 heterocycles. The highest BCUT2D eigenvalue weighted by Gasteiger charge is 2.18. The van der Waals surface area contributed by atoms with Crippen LogP contribution in [0.15, 0.2) is 24.3 Å². The molecule has 170 valence electrons. The highest BCUT2D eigenvalue weighted by molar-refractivity contribution is 5.23. The van der Waals surface area contributed by atoms with Gasteiger partial charge >= 0.3 is 0 Å². The molecule has 0 N–H and O–H groups in total. The van der Waals surface area contributed by atoms with Gasteiger partial charge in [0.05, 0.1) is 26.4 Å². The van der Waals surface area contributed by atoms with Gasteiger partial charge < -0.3 is 9.47 Å². The molecule has 0 aromatic heterocycles. The molecule has 1 aromatic rings. The lowest BCUT2D eigenvalue weighted by Gasteiger charge is -2.33. The van der Waals surface area contributed by atoms with E-state index in [4.69, 9.17) is 9.47 Å². The van der Waals surface area contributed by atoms with Crippen LogP contribution < -0.4 is 0 Å². The molecule has 3 rings (SSSR count). The summed E-state index contributed by atoms with van der Waals surface area (Å²) < 4.78 is 10.9. The quantitative estimate of drug-likeness (QED) is 0.578. The molecule has 0 saturated carbocycles. The Labute approximate surface area is 183 Å². The van der Waals surface area contributed by atoms with Crippen molar-refractivity contribution >= 4 is 0 Å². The first-order valence-corrected chi connectivity index (χ1v) is 11.6. The van der Waals surface area contributed by atoms with E-state index in [0.717, 1.165) is 78.8 Å².